The van der Waals surface area contributed by atoms with Gasteiger partial charge in [-0.15, -0.1) is 0 Å². The van der Waals surface area contributed by atoms with Crippen LogP contribution in [0.15, 0.2) is 72.9 Å². The van der Waals surface area contributed by atoms with Gasteiger partial charge in [0.05, 0.1) is 47.9 Å². The highest BCUT2D eigenvalue weighted by Gasteiger charge is 2.30. The summed E-state index contributed by atoms with van der Waals surface area (Å²) in [6, 6.07) is 22.0. The van der Waals surface area contributed by atoms with Crippen LogP contribution in [0, 0.1) is 0 Å². The van der Waals surface area contributed by atoms with Gasteiger partial charge in [-0.2, -0.15) is 0 Å². The second kappa shape index (κ2) is 12.3. The fourth-order valence-corrected chi connectivity index (χ4v) is 6.45. The quantitative estimate of drug-likeness (QED) is 0.191. The van der Waals surface area contributed by atoms with E-state index in [1.54, 1.807) is 6.07 Å². The molecule has 0 N–H and O–H groups in total. The topological polar surface area (TPSA) is 91.6 Å². The summed E-state index contributed by atoms with van der Waals surface area (Å²) < 4.78 is 19.2. The highest BCUT2D eigenvalue weighted by Crippen LogP contribution is 2.34. The first-order valence-corrected chi connectivity index (χ1v) is 15.4. The molecule has 44 heavy (non-hydrogen) atoms. The van der Waals surface area contributed by atoms with Crippen LogP contribution >= 0.6 is 0 Å². The molecule has 2 aliphatic heterocycles. The molecule has 0 spiro atoms. The zero-order valence-electron chi connectivity index (χ0n) is 25.2. The molecule has 5 heterocycles. The van der Waals surface area contributed by atoms with Crippen LogP contribution in [0.3, 0.4) is 0 Å². The van der Waals surface area contributed by atoms with Crippen LogP contribution in [-0.2, 0) is 22.6 Å². The number of hydrogen-bond donors (Lipinski definition) is 0. The molecule has 226 valence electrons. The van der Waals surface area contributed by atoms with E-state index >= 15 is 0 Å². The van der Waals surface area contributed by atoms with Crippen molar-refractivity contribution in [2.75, 3.05) is 26.8 Å². The smallest absolute Gasteiger partial charge is 0.337 e. The summed E-state index contributed by atoms with van der Waals surface area (Å²) in [6.07, 6.45) is 5.03. The lowest BCUT2D eigenvalue weighted by Gasteiger charge is -2.36. The lowest BCUT2D eigenvalue weighted by molar-refractivity contribution is -0.0594. The third-order valence-electron chi connectivity index (χ3n) is 9.08. The van der Waals surface area contributed by atoms with E-state index in [2.05, 4.69) is 45.6 Å². The van der Waals surface area contributed by atoms with Gasteiger partial charge in [-0.1, -0.05) is 30.3 Å². The number of carbonyl (C=O) groups is 1. The number of imidazole rings is 1. The summed E-state index contributed by atoms with van der Waals surface area (Å²) >= 11 is 0. The van der Waals surface area contributed by atoms with Gasteiger partial charge in [0.1, 0.15) is 12.4 Å². The Morgan fingerprint density at radius 1 is 1.02 bits per heavy atom. The highest BCUT2D eigenvalue weighted by atomic mass is 16.5. The third-order valence-corrected chi connectivity index (χ3v) is 9.08. The van der Waals surface area contributed by atoms with Crippen molar-refractivity contribution < 1.29 is 19.0 Å². The average molecular weight is 592 g/mol. The molecule has 2 atom stereocenters. The minimum Gasteiger partial charge on any atom is -0.473 e. The SMILES string of the molecule is COC(=O)c1ccc2nc([C@H](C)N3CCC(c4cccc(OCc5cccc6cccnc56)n4)CC3)n(CC3CCO3)c2c1. The van der Waals surface area contributed by atoms with E-state index in [9.17, 15) is 4.79 Å². The van der Waals surface area contributed by atoms with Crippen molar-refractivity contribution in [3.63, 3.8) is 0 Å². The zero-order valence-corrected chi connectivity index (χ0v) is 25.2. The molecule has 9 heteroatoms. The molecule has 0 saturated carbocycles. The molecule has 0 bridgehead atoms. The molecular weight excluding hydrogens is 554 g/mol. The Morgan fingerprint density at radius 2 is 1.84 bits per heavy atom. The number of esters is 1. The van der Waals surface area contributed by atoms with Crippen molar-refractivity contribution in [1.82, 2.24) is 24.4 Å². The summed E-state index contributed by atoms with van der Waals surface area (Å²) in [6.45, 7) is 6.06. The predicted octanol–water partition coefficient (Wildman–Crippen LogP) is 6.07. The van der Waals surface area contributed by atoms with Gasteiger partial charge in [0.2, 0.25) is 5.88 Å². The van der Waals surface area contributed by atoms with E-state index in [4.69, 9.17) is 24.2 Å². The minimum atomic E-state index is -0.343. The van der Waals surface area contributed by atoms with E-state index in [1.807, 2.05) is 42.6 Å². The first-order valence-electron chi connectivity index (χ1n) is 15.4. The molecule has 2 aromatic carbocycles. The van der Waals surface area contributed by atoms with Gasteiger partial charge in [-0.05, 0) is 69.6 Å². The van der Waals surface area contributed by atoms with Crippen molar-refractivity contribution in [1.29, 1.82) is 0 Å². The monoisotopic (exact) mass is 591 g/mol. The summed E-state index contributed by atoms with van der Waals surface area (Å²) in [5, 5.41) is 1.11. The number of ether oxygens (including phenoxy) is 3. The largest absolute Gasteiger partial charge is 0.473 e. The molecule has 7 rings (SSSR count). The number of fused-ring (bicyclic) bond motifs is 2. The van der Waals surface area contributed by atoms with Gasteiger partial charge in [-0.25, -0.2) is 14.8 Å². The van der Waals surface area contributed by atoms with Crippen molar-refractivity contribution in [2.24, 2.45) is 0 Å². The third kappa shape index (κ3) is 5.65. The molecule has 0 aliphatic carbocycles. The lowest BCUT2D eigenvalue weighted by Crippen LogP contribution is -2.37. The van der Waals surface area contributed by atoms with Gasteiger partial charge >= 0.3 is 5.97 Å². The predicted molar refractivity (Wildman–Crippen MR) is 168 cm³/mol. The van der Waals surface area contributed by atoms with Crippen molar-refractivity contribution in [3.8, 4) is 5.88 Å². The molecule has 2 fully saturated rings. The maximum Gasteiger partial charge on any atom is 0.337 e. The second-order valence-electron chi connectivity index (χ2n) is 11.7. The summed E-state index contributed by atoms with van der Waals surface area (Å²) in [5.41, 5.74) is 5.45. The highest BCUT2D eigenvalue weighted by molar-refractivity contribution is 5.93. The van der Waals surface area contributed by atoms with Gasteiger partial charge in [-0.3, -0.25) is 9.88 Å². The Bertz CT molecular complexity index is 1790. The summed E-state index contributed by atoms with van der Waals surface area (Å²) in [5.74, 6) is 1.67. The van der Waals surface area contributed by atoms with Crippen LogP contribution in [0.1, 0.15) is 65.6 Å². The molecule has 0 amide bonds. The van der Waals surface area contributed by atoms with E-state index in [-0.39, 0.29) is 18.1 Å². The Kier molecular flexibility index (Phi) is 7.97. The molecule has 3 aromatic heterocycles. The molecule has 5 aromatic rings. The number of hydrogen-bond acceptors (Lipinski definition) is 8. The number of methoxy groups -OCH3 is 1. The Morgan fingerprint density at radius 3 is 2.64 bits per heavy atom. The van der Waals surface area contributed by atoms with Gasteiger partial charge in [0.15, 0.2) is 0 Å². The molecule has 9 nitrogen and oxygen atoms in total. The van der Waals surface area contributed by atoms with E-state index in [0.29, 0.717) is 24.0 Å². The minimum absolute atomic E-state index is 0.113. The Hall–Kier alpha value is -4.34. The number of carbonyl (C=O) groups excluding carboxylic acids is 1. The van der Waals surface area contributed by atoms with E-state index in [0.717, 1.165) is 84.5 Å². The fourth-order valence-electron chi connectivity index (χ4n) is 6.45. The van der Waals surface area contributed by atoms with Gasteiger partial charge < -0.3 is 18.8 Å². The number of benzene rings is 2. The Labute approximate surface area is 256 Å². The number of nitrogens with zero attached hydrogens (tertiary/aromatic N) is 5. The second-order valence-corrected chi connectivity index (χ2v) is 11.7. The molecule has 0 radical (unpaired) electrons. The van der Waals surface area contributed by atoms with Crippen LogP contribution in [0.2, 0.25) is 0 Å². The van der Waals surface area contributed by atoms with Crippen molar-refractivity contribution in [3.05, 3.63) is 95.6 Å². The normalized spacial score (nSPS) is 18.3. The number of para-hydroxylation sites is 1. The van der Waals surface area contributed by atoms with Crippen LogP contribution in [-0.4, -0.2) is 63.3 Å². The summed E-state index contributed by atoms with van der Waals surface area (Å²) in [4.78, 5) is 29.3. The number of likely N-dealkylation sites (tertiary alicyclic amines) is 1. The van der Waals surface area contributed by atoms with Gasteiger partial charge in [0, 0.05) is 41.4 Å². The standard InChI is InChI=1S/C35H37N5O4/c1-23(34-38-30-12-11-26(35(41)42-2)20-31(30)40(34)21-28-15-19-43-28)39-17-13-24(14-18-39)29-9-4-10-32(37-29)44-22-27-7-3-6-25-8-5-16-36-33(25)27/h3-12,16,20,23-24,28H,13-15,17-19,21-22H2,1-2H3/t23-,28?/m0/s1. The van der Waals surface area contributed by atoms with Gasteiger partial charge in [0.25, 0.3) is 0 Å². The first-order chi connectivity index (χ1) is 21.6. The molecule has 2 saturated heterocycles. The number of pyridine rings is 2. The van der Waals surface area contributed by atoms with Crippen LogP contribution in [0.4, 0.5) is 0 Å². The maximum absolute atomic E-state index is 12.3. The summed E-state index contributed by atoms with van der Waals surface area (Å²) in [7, 11) is 1.41. The number of aromatic nitrogens is 4. The van der Waals surface area contributed by atoms with Crippen LogP contribution in [0.25, 0.3) is 21.9 Å². The van der Waals surface area contributed by atoms with Crippen molar-refractivity contribution in [2.45, 2.75) is 57.4 Å². The number of piperidine rings is 1. The van der Waals surface area contributed by atoms with E-state index in [1.165, 1.54) is 7.11 Å². The average Bonchev–Trinajstić information content (AvgIpc) is 3.42. The maximum atomic E-state index is 12.3. The fraction of sp³-hybridized carbons (Fsp3) is 0.371. The molecule has 1 unspecified atom stereocenters. The van der Waals surface area contributed by atoms with Crippen molar-refractivity contribution >= 4 is 27.9 Å². The number of rotatable bonds is 9. The molecular formula is C35H37N5O4. The van der Waals surface area contributed by atoms with Crippen LogP contribution in [0.5, 0.6) is 5.88 Å². The van der Waals surface area contributed by atoms with Crippen LogP contribution < -0.4 is 4.74 Å². The Balaban J connectivity index is 1.04. The van der Waals surface area contributed by atoms with E-state index < -0.39 is 0 Å². The zero-order chi connectivity index (χ0) is 30.0. The molecule has 2 aliphatic rings. The lowest BCUT2D eigenvalue weighted by atomic mass is 9.92. The first kappa shape index (κ1) is 28.4.